The molecule has 21 heavy (non-hydrogen) atoms. The Balaban J connectivity index is 1.90. The van der Waals surface area contributed by atoms with Gasteiger partial charge >= 0.3 is 0 Å². The summed E-state index contributed by atoms with van der Waals surface area (Å²) in [6.07, 6.45) is 5.74. The van der Waals surface area contributed by atoms with Gasteiger partial charge < -0.3 is 9.88 Å². The molecule has 1 amide bonds. The smallest absolute Gasteiger partial charge is 0.270 e. The van der Waals surface area contributed by atoms with Gasteiger partial charge in [0.15, 0.2) is 0 Å². The molecule has 0 atom stereocenters. The summed E-state index contributed by atoms with van der Waals surface area (Å²) >= 11 is 0. The van der Waals surface area contributed by atoms with E-state index < -0.39 is 16.6 Å². The molecule has 0 aliphatic rings. The van der Waals surface area contributed by atoms with Crippen LogP contribution in [0.1, 0.15) is 16.8 Å². The fourth-order valence-corrected chi connectivity index (χ4v) is 1.78. The number of benzene rings is 1. The number of nitro benzene ring substituents is 1. The number of aryl methyl sites for hydroxylation is 1. The number of imidazole rings is 1. The maximum absolute atomic E-state index is 13.5. The van der Waals surface area contributed by atoms with Gasteiger partial charge in [-0.1, -0.05) is 0 Å². The maximum atomic E-state index is 13.5. The number of hydrogen-bond acceptors (Lipinski definition) is 4. The van der Waals surface area contributed by atoms with Crippen molar-refractivity contribution in [3.63, 3.8) is 0 Å². The van der Waals surface area contributed by atoms with Crippen LogP contribution in [-0.4, -0.2) is 26.9 Å². The van der Waals surface area contributed by atoms with E-state index in [1.54, 1.807) is 18.7 Å². The van der Waals surface area contributed by atoms with Crippen LogP contribution in [0.25, 0.3) is 0 Å². The Morgan fingerprint density at radius 3 is 2.95 bits per heavy atom. The lowest BCUT2D eigenvalue weighted by atomic mass is 10.1. The molecule has 1 heterocycles. The molecule has 0 saturated heterocycles. The van der Waals surface area contributed by atoms with E-state index in [1.165, 1.54) is 0 Å². The summed E-state index contributed by atoms with van der Waals surface area (Å²) in [6, 6.07) is 2.87. The van der Waals surface area contributed by atoms with Gasteiger partial charge in [0, 0.05) is 37.6 Å². The number of nitrogens with one attached hydrogen (secondary N) is 1. The molecule has 1 aromatic carbocycles. The number of rotatable bonds is 6. The summed E-state index contributed by atoms with van der Waals surface area (Å²) in [5, 5.41) is 13.2. The Morgan fingerprint density at radius 1 is 1.48 bits per heavy atom. The first kappa shape index (κ1) is 14.6. The number of carbonyl (C=O) groups is 1. The largest absolute Gasteiger partial charge is 0.352 e. The predicted molar refractivity (Wildman–Crippen MR) is 72.2 cm³/mol. The first-order chi connectivity index (χ1) is 10.1. The highest BCUT2D eigenvalue weighted by Crippen LogP contribution is 2.16. The second-order valence-electron chi connectivity index (χ2n) is 4.33. The molecule has 1 N–H and O–H groups in total. The minimum Gasteiger partial charge on any atom is -0.352 e. The number of nitro groups is 1. The summed E-state index contributed by atoms with van der Waals surface area (Å²) < 4.78 is 15.4. The SMILES string of the molecule is O=C(NCCCn1ccnc1)c1cc([N+](=O)[O-])ccc1F. The van der Waals surface area contributed by atoms with Crippen LogP contribution in [0.3, 0.4) is 0 Å². The van der Waals surface area contributed by atoms with Crippen molar-refractivity contribution in [2.45, 2.75) is 13.0 Å². The van der Waals surface area contributed by atoms with Gasteiger partial charge in [-0.05, 0) is 12.5 Å². The third kappa shape index (κ3) is 3.85. The molecule has 0 bridgehead atoms. The summed E-state index contributed by atoms with van der Waals surface area (Å²) in [6.45, 7) is 0.997. The van der Waals surface area contributed by atoms with E-state index in [2.05, 4.69) is 10.3 Å². The van der Waals surface area contributed by atoms with E-state index in [1.807, 2.05) is 4.57 Å². The minimum atomic E-state index is -0.785. The Bertz CT molecular complexity index is 643. The van der Waals surface area contributed by atoms with Crippen LogP contribution in [-0.2, 0) is 6.54 Å². The van der Waals surface area contributed by atoms with Crippen molar-refractivity contribution in [2.24, 2.45) is 0 Å². The molecule has 1 aromatic heterocycles. The van der Waals surface area contributed by atoms with E-state index in [0.29, 0.717) is 19.5 Å². The molecule has 0 radical (unpaired) electrons. The minimum absolute atomic E-state index is 0.319. The van der Waals surface area contributed by atoms with Gasteiger partial charge in [0.05, 0.1) is 16.8 Å². The fraction of sp³-hybridized carbons (Fsp3) is 0.231. The van der Waals surface area contributed by atoms with Crippen LogP contribution in [0.2, 0.25) is 0 Å². The molecule has 2 aromatic rings. The van der Waals surface area contributed by atoms with Crippen molar-refractivity contribution < 1.29 is 14.1 Å². The molecule has 0 unspecified atom stereocenters. The second-order valence-corrected chi connectivity index (χ2v) is 4.33. The lowest BCUT2D eigenvalue weighted by Gasteiger charge is -2.06. The average Bonchev–Trinajstić information content (AvgIpc) is 2.96. The van der Waals surface area contributed by atoms with Crippen molar-refractivity contribution >= 4 is 11.6 Å². The van der Waals surface area contributed by atoms with E-state index in [9.17, 15) is 19.3 Å². The van der Waals surface area contributed by atoms with Crippen molar-refractivity contribution in [1.82, 2.24) is 14.9 Å². The number of nitrogens with zero attached hydrogens (tertiary/aromatic N) is 3. The van der Waals surface area contributed by atoms with Gasteiger partial charge in [0.2, 0.25) is 0 Å². The van der Waals surface area contributed by atoms with Crippen LogP contribution in [0, 0.1) is 15.9 Å². The van der Waals surface area contributed by atoms with Crippen LogP contribution in [0.5, 0.6) is 0 Å². The molecule has 110 valence electrons. The standard InChI is InChI=1S/C13H13FN4O3/c14-12-3-2-10(18(20)21)8-11(12)13(19)16-4-1-6-17-7-5-15-9-17/h2-3,5,7-9H,1,4,6H2,(H,16,19). The molecule has 0 spiro atoms. The highest BCUT2D eigenvalue weighted by atomic mass is 19.1. The molecular weight excluding hydrogens is 279 g/mol. The van der Waals surface area contributed by atoms with E-state index >= 15 is 0 Å². The van der Waals surface area contributed by atoms with Crippen molar-refractivity contribution in [1.29, 1.82) is 0 Å². The van der Waals surface area contributed by atoms with Gasteiger partial charge in [-0.25, -0.2) is 9.37 Å². The number of halogens is 1. The average molecular weight is 292 g/mol. The van der Waals surface area contributed by atoms with E-state index in [4.69, 9.17) is 0 Å². The molecule has 0 fully saturated rings. The van der Waals surface area contributed by atoms with E-state index in [0.717, 1.165) is 18.2 Å². The molecule has 8 heteroatoms. The zero-order chi connectivity index (χ0) is 15.2. The molecule has 7 nitrogen and oxygen atoms in total. The Kier molecular flexibility index (Phi) is 4.60. The van der Waals surface area contributed by atoms with Gasteiger partial charge in [-0.2, -0.15) is 0 Å². The zero-order valence-electron chi connectivity index (χ0n) is 11.0. The quantitative estimate of drug-likeness (QED) is 0.499. The number of non-ortho nitro benzene ring substituents is 1. The molecule has 0 saturated carbocycles. The number of amides is 1. The number of aromatic nitrogens is 2. The summed E-state index contributed by atoms with van der Waals surface area (Å²) in [4.78, 5) is 25.6. The van der Waals surface area contributed by atoms with Crippen LogP contribution in [0.15, 0.2) is 36.9 Å². The van der Waals surface area contributed by atoms with Gasteiger partial charge in [0.25, 0.3) is 11.6 Å². The zero-order valence-corrected chi connectivity index (χ0v) is 11.0. The fourth-order valence-electron chi connectivity index (χ4n) is 1.78. The first-order valence-corrected chi connectivity index (χ1v) is 6.26. The Labute approximate surface area is 119 Å². The van der Waals surface area contributed by atoms with Crippen molar-refractivity contribution in [2.75, 3.05) is 6.54 Å². The van der Waals surface area contributed by atoms with Crippen LogP contribution < -0.4 is 5.32 Å². The van der Waals surface area contributed by atoms with Gasteiger partial charge in [-0.15, -0.1) is 0 Å². The highest BCUT2D eigenvalue weighted by molar-refractivity contribution is 5.95. The lowest BCUT2D eigenvalue weighted by molar-refractivity contribution is -0.384. The molecule has 0 aliphatic carbocycles. The first-order valence-electron chi connectivity index (χ1n) is 6.26. The van der Waals surface area contributed by atoms with Crippen LogP contribution in [0.4, 0.5) is 10.1 Å². The predicted octanol–water partition coefficient (Wildman–Crippen LogP) is 1.75. The summed E-state index contributed by atoms with van der Waals surface area (Å²) in [5.74, 6) is -1.45. The lowest BCUT2D eigenvalue weighted by Crippen LogP contribution is -2.26. The topological polar surface area (TPSA) is 90.1 Å². The Morgan fingerprint density at radius 2 is 2.29 bits per heavy atom. The third-order valence-electron chi connectivity index (χ3n) is 2.84. The second kappa shape index (κ2) is 6.60. The van der Waals surface area contributed by atoms with Gasteiger partial charge in [0.1, 0.15) is 5.82 Å². The summed E-state index contributed by atoms with van der Waals surface area (Å²) in [5.41, 5.74) is -0.646. The normalized spacial score (nSPS) is 10.3. The molecule has 2 rings (SSSR count). The van der Waals surface area contributed by atoms with Crippen molar-refractivity contribution in [3.05, 3.63) is 58.4 Å². The summed E-state index contributed by atoms with van der Waals surface area (Å²) in [7, 11) is 0. The van der Waals surface area contributed by atoms with Crippen LogP contribution >= 0.6 is 0 Å². The molecule has 0 aliphatic heterocycles. The highest BCUT2D eigenvalue weighted by Gasteiger charge is 2.16. The Hall–Kier alpha value is -2.77. The molecular formula is C13H13FN4O3. The van der Waals surface area contributed by atoms with Crippen molar-refractivity contribution in [3.8, 4) is 0 Å². The number of hydrogen-bond donors (Lipinski definition) is 1. The van der Waals surface area contributed by atoms with E-state index in [-0.39, 0.29) is 11.3 Å². The van der Waals surface area contributed by atoms with Gasteiger partial charge in [-0.3, -0.25) is 14.9 Å². The monoisotopic (exact) mass is 292 g/mol. The maximum Gasteiger partial charge on any atom is 0.270 e. The number of carbonyl (C=O) groups excluding carboxylic acids is 1. The third-order valence-corrected chi connectivity index (χ3v) is 2.84.